The third-order valence-electron chi connectivity index (χ3n) is 3.08. The van der Waals surface area contributed by atoms with Crippen LogP contribution in [-0.4, -0.2) is 29.7 Å². The van der Waals surface area contributed by atoms with Gasteiger partial charge in [0.05, 0.1) is 18.8 Å². The molecule has 2 N–H and O–H groups in total. The van der Waals surface area contributed by atoms with Gasteiger partial charge in [0.1, 0.15) is 5.82 Å². The van der Waals surface area contributed by atoms with Gasteiger partial charge in [-0.1, -0.05) is 30.0 Å². The first-order chi connectivity index (χ1) is 8.66. The summed E-state index contributed by atoms with van der Waals surface area (Å²) in [6.07, 6.45) is 0.365. The average molecular weight is 268 g/mol. The van der Waals surface area contributed by atoms with E-state index in [1.54, 1.807) is 30.0 Å². The normalized spacial score (nSPS) is 29.9. The molecule has 0 spiro atoms. The molecule has 5 heteroatoms. The van der Waals surface area contributed by atoms with Gasteiger partial charge in [0.15, 0.2) is 5.17 Å². The number of rotatable bonds is 0. The Hall–Kier alpha value is -1.07. The number of hydrogen-bond acceptors (Lipinski definition) is 4. The second-order valence-electron chi connectivity index (χ2n) is 4.34. The van der Waals surface area contributed by atoms with Crippen molar-refractivity contribution >= 4 is 16.9 Å². The van der Waals surface area contributed by atoms with Crippen LogP contribution >= 0.6 is 11.8 Å². The lowest BCUT2D eigenvalue weighted by Gasteiger charge is -2.21. The number of nitrogens with two attached hydrogens (primary N) is 1. The van der Waals surface area contributed by atoms with Gasteiger partial charge in [-0.15, -0.1) is 0 Å². The van der Waals surface area contributed by atoms with Gasteiger partial charge in [0.25, 0.3) is 0 Å². The fourth-order valence-corrected chi connectivity index (χ4v) is 3.05. The summed E-state index contributed by atoms with van der Waals surface area (Å²) >= 11 is 1.65. The molecule has 3 atom stereocenters. The molecule has 0 aliphatic carbocycles. The zero-order valence-corrected chi connectivity index (χ0v) is 11.1. The molecule has 98 valence electrons. The van der Waals surface area contributed by atoms with Crippen LogP contribution in [0.1, 0.15) is 6.92 Å². The summed E-state index contributed by atoms with van der Waals surface area (Å²) in [5, 5.41) is 0.726. The number of ether oxygens (including phenoxy) is 1. The maximum atomic E-state index is 11.9. The summed E-state index contributed by atoms with van der Waals surface area (Å²) in [4.78, 5) is 4.33. The summed E-state index contributed by atoms with van der Waals surface area (Å²) in [7, 11) is 0. The minimum absolute atomic E-state index is 0.178. The van der Waals surface area contributed by atoms with Crippen LogP contribution in [0, 0.1) is 11.7 Å². The van der Waals surface area contributed by atoms with E-state index in [2.05, 4.69) is 11.9 Å². The molecular weight excluding hydrogens is 251 g/mol. The van der Waals surface area contributed by atoms with Crippen LogP contribution in [0.15, 0.2) is 35.3 Å². The van der Waals surface area contributed by atoms with Crippen LogP contribution in [0.25, 0.3) is 0 Å². The number of benzene rings is 1. The zero-order valence-electron chi connectivity index (χ0n) is 10.3. The molecular formula is C13H17FN2OS. The Bertz CT molecular complexity index is 413. The van der Waals surface area contributed by atoms with Gasteiger partial charge in [-0.05, 0) is 19.1 Å². The Morgan fingerprint density at radius 3 is 2.72 bits per heavy atom. The number of fused-ring (bicyclic) bond motifs is 1. The summed E-state index contributed by atoms with van der Waals surface area (Å²) in [5.41, 5.74) is 5.59. The van der Waals surface area contributed by atoms with Gasteiger partial charge in [0.2, 0.25) is 0 Å². The molecule has 2 aliphatic rings. The lowest BCUT2D eigenvalue weighted by Crippen LogP contribution is -2.30. The molecule has 1 saturated heterocycles. The van der Waals surface area contributed by atoms with Crippen LogP contribution in [0.4, 0.5) is 4.39 Å². The fourth-order valence-electron chi connectivity index (χ4n) is 1.99. The SMILES string of the molecule is CC1OCC2N=C(N)SCC21.Fc1ccccc1. The van der Waals surface area contributed by atoms with E-state index in [-0.39, 0.29) is 5.82 Å². The highest BCUT2D eigenvalue weighted by atomic mass is 32.2. The van der Waals surface area contributed by atoms with E-state index in [1.165, 1.54) is 12.1 Å². The number of thioether (sulfide) groups is 1. The molecule has 2 aliphatic heterocycles. The Balaban J connectivity index is 0.000000149. The second kappa shape index (κ2) is 6.20. The van der Waals surface area contributed by atoms with Crippen LogP contribution in [0.2, 0.25) is 0 Å². The predicted octanol–water partition coefficient (Wildman–Crippen LogP) is 2.28. The Morgan fingerprint density at radius 2 is 2.11 bits per heavy atom. The number of nitrogens with zero attached hydrogens (tertiary/aromatic N) is 1. The highest BCUT2D eigenvalue weighted by molar-refractivity contribution is 8.13. The second-order valence-corrected chi connectivity index (χ2v) is 5.38. The van der Waals surface area contributed by atoms with Crippen molar-refractivity contribution in [3.05, 3.63) is 36.1 Å². The first kappa shape index (κ1) is 13.4. The quantitative estimate of drug-likeness (QED) is 0.785. The van der Waals surface area contributed by atoms with E-state index in [4.69, 9.17) is 10.5 Å². The zero-order chi connectivity index (χ0) is 13.0. The molecule has 3 unspecified atom stereocenters. The molecule has 1 fully saturated rings. The summed E-state index contributed by atoms with van der Waals surface area (Å²) in [6.45, 7) is 2.87. The lowest BCUT2D eigenvalue weighted by molar-refractivity contribution is 0.110. The standard InChI is InChI=1S/C7H12N2OS.C6H5F/c1-4-5-3-11-7(8)9-6(5)2-10-4;7-6-4-2-1-3-5-6/h4-6H,2-3H2,1H3,(H2,8,9);1-5H. The highest BCUT2D eigenvalue weighted by Crippen LogP contribution is 2.31. The monoisotopic (exact) mass is 268 g/mol. The maximum absolute atomic E-state index is 11.9. The first-order valence-corrected chi connectivity index (χ1v) is 6.93. The molecule has 1 aromatic carbocycles. The van der Waals surface area contributed by atoms with Crippen LogP contribution < -0.4 is 5.73 Å². The summed E-state index contributed by atoms with van der Waals surface area (Å²) in [6, 6.07) is 8.28. The molecule has 0 aromatic heterocycles. The van der Waals surface area contributed by atoms with Crippen molar-refractivity contribution < 1.29 is 9.13 Å². The van der Waals surface area contributed by atoms with E-state index >= 15 is 0 Å². The highest BCUT2D eigenvalue weighted by Gasteiger charge is 2.36. The van der Waals surface area contributed by atoms with E-state index in [0.717, 1.165) is 17.5 Å². The fraction of sp³-hybridized carbons (Fsp3) is 0.462. The predicted molar refractivity (Wildman–Crippen MR) is 73.2 cm³/mol. The van der Waals surface area contributed by atoms with Gasteiger partial charge in [-0.2, -0.15) is 0 Å². The van der Waals surface area contributed by atoms with Crippen molar-refractivity contribution in [1.29, 1.82) is 0 Å². The Labute approximate surface area is 111 Å². The topological polar surface area (TPSA) is 47.6 Å². The van der Waals surface area contributed by atoms with E-state index < -0.39 is 0 Å². The van der Waals surface area contributed by atoms with Crippen LogP contribution in [0.3, 0.4) is 0 Å². The molecule has 0 bridgehead atoms. The Kier molecular flexibility index (Phi) is 4.60. The average Bonchev–Trinajstić information content (AvgIpc) is 2.72. The smallest absolute Gasteiger partial charge is 0.154 e. The molecule has 3 nitrogen and oxygen atoms in total. The first-order valence-electron chi connectivity index (χ1n) is 5.95. The van der Waals surface area contributed by atoms with Gasteiger partial charge in [-0.3, -0.25) is 4.99 Å². The number of amidine groups is 1. The summed E-state index contributed by atoms with van der Waals surface area (Å²) < 4.78 is 17.4. The minimum atomic E-state index is -0.178. The minimum Gasteiger partial charge on any atom is -0.379 e. The van der Waals surface area contributed by atoms with Crippen molar-refractivity contribution in [3.8, 4) is 0 Å². The largest absolute Gasteiger partial charge is 0.379 e. The van der Waals surface area contributed by atoms with Crippen molar-refractivity contribution in [3.63, 3.8) is 0 Å². The molecule has 0 amide bonds. The van der Waals surface area contributed by atoms with Gasteiger partial charge >= 0.3 is 0 Å². The van der Waals surface area contributed by atoms with Gasteiger partial charge in [0, 0.05) is 11.7 Å². The Morgan fingerprint density at radius 1 is 1.39 bits per heavy atom. The van der Waals surface area contributed by atoms with Crippen molar-refractivity contribution in [2.24, 2.45) is 16.6 Å². The molecule has 0 radical (unpaired) electrons. The third-order valence-corrected chi connectivity index (χ3v) is 4.03. The number of hydrogen-bond donors (Lipinski definition) is 1. The summed E-state index contributed by atoms with van der Waals surface area (Å²) in [5.74, 6) is 1.48. The van der Waals surface area contributed by atoms with Crippen molar-refractivity contribution in [2.45, 2.75) is 19.1 Å². The van der Waals surface area contributed by atoms with Crippen molar-refractivity contribution in [1.82, 2.24) is 0 Å². The van der Waals surface area contributed by atoms with Crippen LogP contribution in [0.5, 0.6) is 0 Å². The maximum Gasteiger partial charge on any atom is 0.154 e. The molecule has 2 heterocycles. The number of halogens is 1. The molecule has 1 aromatic rings. The van der Waals surface area contributed by atoms with E-state index in [1.807, 2.05) is 0 Å². The van der Waals surface area contributed by atoms with Crippen molar-refractivity contribution in [2.75, 3.05) is 12.4 Å². The van der Waals surface area contributed by atoms with Gasteiger partial charge in [-0.25, -0.2) is 4.39 Å². The molecule has 3 rings (SSSR count). The molecule has 18 heavy (non-hydrogen) atoms. The van der Waals surface area contributed by atoms with Gasteiger partial charge < -0.3 is 10.5 Å². The van der Waals surface area contributed by atoms with E-state index in [0.29, 0.717) is 18.1 Å². The lowest BCUT2D eigenvalue weighted by atomic mass is 10.0. The number of aliphatic imine (C=N–C) groups is 1. The van der Waals surface area contributed by atoms with E-state index in [9.17, 15) is 4.39 Å². The third kappa shape index (κ3) is 3.46. The van der Waals surface area contributed by atoms with Crippen LogP contribution in [-0.2, 0) is 4.74 Å². The molecule has 0 saturated carbocycles.